The maximum absolute atomic E-state index is 13.5. The number of carbonyl (C=O) groups is 3. The fraction of sp³-hybridized carbons (Fsp3) is 0.545. The van der Waals surface area contributed by atoms with Crippen molar-refractivity contribution >= 4 is 35.1 Å². The summed E-state index contributed by atoms with van der Waals surface area (Å²) >= 11 is 6.39. The molecule has 1 N–H and O–H groups in total. The minimum absolute atomic E-state index is 0.0173. The smallest absolute Gasteiger partial charge is 0.328 e. The monoisotopic (exact) mass is 591 g/mol. The molecular formula is C33H42ClN5O3. The third-order valence-electron chi connectivity index (χ3n) is 10.0. The number of amides is 4. The standard InChI is InChI=1S/C33H42ClN5O3/c34-28-7-6-27(22-29(28)39-15-10-30(40)35-32(39)42)31(41)38-16-13-33(14-17-38)11-8-26(9-12-33)24-37-20-18-36(19-21-37)23-25-4-2-1-3-5-25/h1-7,22,26H,8-21,23-24H2,(H,35,40,42). The number of anilines is 1. The van der Waals surface area contributed by atoms with E-state index in [0.717, 1.165) is 51.5 Å². The number of piperazine rings is 1. The van der Waals surface area contributed by atoms with Crippen molar-refractivity contribution in [2.45, 2.75) is 51.5 Å². The molecule has 3 heterocycles. The SMILES string of the molecule is O=C1CCN(c2cc(C(=O)N3CCC4(CCC(CN5CCN(Cc6ccccc6)CC5)CC4)CC3)ccc2Cl)C(=O)N1. The molecule has 0 radical (unpaired) electrons. The van der Waals surface area contributed by atoms with E-state index in [9.17, 15) is 14.4 Å². The van der Waals surface area contributed by atoms with Crippen LogP contribution in [0.1, 0.15) is 60.9 Å². The van der Waals surface area contributed by atoms with Crippen LogP contribution in [0.15, 0.2) is 48.5 Å². The first kappa shape index (κ1) is 29.1. The van der Waals surface area contributed by atoms with Gasteiger partial charge in [0.05, 0.1) is 10.7 Å². The van der Waals surface area contributed by atoms with Crippen molar-refractivity contribution in [3.05, 3.63) is 64.7 Å². The molecule has 0 bridgehead atoms. The van der Waals surface area contributed by atoms with Crippen molar-refractivity contribution in [1.82, 2.24) is 20.0 Å². The molecule has 0 aromatic heterocycles. The van der Waals surface area contributed by atoms with Gasteiger partial charge in [-0.2, -0.15) is 0 Å². The Bertz CT molecular complexity index is 1280. The van der Waals surface area contributed by atoms with Crippen LogP contribution in [-0.4, -0.2) is 84.9 Å². The average Bonchev–Trinajstić information content (AvgIpc) is 3.01. The van der Waals surface area contributed by atoms with Crippen molar-refractivity contribution in [2.24, 2.45) is 11.3 Å². The van der Waals surface area contributed by atoms with Crippen LogP contribution < -0.4 is 10.2 Å². The number of benzene rings is 2. The average molecular weight is 592 g/mol. The molecular weight excluding hydrogens is 550 g/mol. The molecule has 1 aliphatic carbocycles. The molecule has 3 aliphatic heterocycles. The number of hydrogen-bond donors (Lipinski definition) is 1. The van der Waals surface area contributed by atoms with Gasteiger partial charge in [0.25, 0.3) is 5.91 Å². The van der Waals surface area contributed by atoms with E-state index in [1.54, 1.807) is 18.2 Å². The van der Waals surface area contributed by atoms with Crippen molar-refractivity contribution in [2.75, 3.05) is 57.3 Å². The number of carbonyl (C=O) groups excluding carboxylic acids is 3. The molecule has 4 aliphatic rings. The summed E-state index contributed by atoms with van der Waals surface area (Å²) in [6.45, 7) is 8.69. The lowest BCUT2D eigenvalue weighted by Gasteiger charge is -2.47. The Morgan fingerprint density at radius 2 is 1.55 bits per heavy atom. The minimum Gasteiger partial charge on any atom is -0.339 e. The van der Waals surface area contributed by atoms with Gasteiger partial charge < -0.3 is 9.80 Å². The van der Waals surface area contributed by atoms with E-state index in [2.05, 4.69) is 45.4 Å². The lowest BCUT2D eigenvalue weighted by Crippen LogP contribution is -2.49. The number of halogens is 1. The van der Waals surface area contributed by atoms with Gasteiger partial charge in [-0.3, -0.25) is 24.7 Å². The van der Waals surface area contributed by atoms with E-state index in [0.29, 0.717) is 21.7 Å². The summed E-state index contributed by atoms with van der Waals surface area (Å²) in [6, 6.07) is 15.4. The molecule has 4 fully saturated rings. The van der Waals surface area contributed by atoms with Crippen LogP contribution in [0.4, 0.5) is 10.5 Å². The molecule has 42 heavy (non-hydrogen) atoms. The first-order valence-electron chi connectivity index (χ1n) is 15.6. The number of likely N-dealkylation sites (tertiary alicyclic amines) is 1. The van der Waals surface area contributed by atoms with Gasteiger partial charge >= 0.3 is 6.03 Å². The van der Waals surface area contributed by atoms with Gasteiger partial charge in [-0.15, -0.1) is 0 Å². The summed E-state index contributed by atoms with van der Waals surface area (Å²) in [5.41, 5.74) is 2.77. The summed E-state index contributed by atoms with van der Waals surface area (Å²) < 4.78 is 0. The zero-order chi connectivity index (χ0) is 29.1. The highest BCUT2D eigenvalue weighted by Gasteiger charge is 2.39. The van der Waals surface area contributed by atoms with Gasteiger partial charge in [-0.1, -0.05) is 41.9 Å². The zero-order valence-corrected chi connectivity index (χ0v) is 25.2. The Balaban J connectivity index is 0.958. The summed E-state index contributed by atoms with van der Waals surface area (Å²) in [5, 5.41) is 2.71. The fourth-order valence-corrected chi connectivity index (χ4v) is 7.54. The van der Waals surface area contributed by atoms with Crippen LogP contribution in [0.2, 0.25) is 5.02 Å². The Hall–Kier alpha value is -2.94. The third-order valence-corrected chi connectivity index (χ3v) is 10.4. The molecule has 1 spiro atoms. The number of hydrogen-bond acceptors (Lipinski definition) is 5. The van der Waals surface area contributed by atoms with E-state index in [1.165, 1.54) is 55.8 Å². The summed E-state index contributed by atoms with van der Waals surface area (Å²) in [7, 11) is 0. The van der Waals surface area contributed by atoms with E-state index in [1.807, 2.05) is 4.90 Å². The number of nitrogens with one attached hydrogen (secondary N) is 1. The number of rotatable bonds is 6. The lowest BCUT2D eigenvalue weighted by molar-refractivity contribution is -0.120. The van der Waals surface area contributed by atoms with Crippen molar-refractivity contribution in [3.63, 3.8) is 0 Å². The van der Waals surface area contributed by atoms with E-state index >= 15 is 0 Å². The zero-order valence-electron chi connectivity index (χ0n) is 24.4. The predicted molar refractivity (Wildman–Crippen MR) is 165 cm³/mol. The quantitative estimate of drug-likeness (QED) is 0.511. The molecule has 9 heteroatoms. The van der Waals surface area contributed by atoms with Crippen LogP contribution in [-0.2, 0) is 11.3 Å². The molecule has 3 saturated heterocycles. The second-order valence-corrected chi connectivity index (χ2v) is 13.1. The molecule has 224 valence electrons. The number of imide groups is 1. The van der Waals surface area contributed by atoms with Gasteiger partial charge in [0.2, 0.25) is 5.91 Å². The Labute approximate surface area is 254 Å². The van der Waals surface area contributed by atoms with E-state index in [4.69, 9.17) is 11.6 Å². The predicted octanol–water partition coefficient (Wildman–Crippen LogP) is 5.02. The third kappa shape index (κ3) is 6.66. The van der Waals surface area contributed by atoms with Crippen molar-refractivity contribution < 1.29 is 14.4 Å². The molecule has 2 aromatic rings. The highest BCUT2D eigenvalue weighted by Crippen LogP contribution is 2.46. The van der Waals surface area contributed by atoms with Crippen molar-refractivity contribution in [1.29, 1.82) is 0 Å². The second kappa shape index (κ2) is 12.7. The number of nitrogens with zero attached hydrogens (tertiary/aromatic N) is 4. The van der Waals surface area contributed by atoms with E-state index in [-0.39, 0.29) is 24.8 Å². The molecule has 4 amide bonds. The molecule has 8 nitrogen and oxygen atoms in total. The van der Waals surface area contributed by atoms with Gasteiger partial charge in [-0.05, 0) is 73.6 Å². The van der Waals surface area contributed by atoms with Gasteiger partial charge in [0.1, 0.15) is 0 Å². The van der Waals surface area contributed by atoms with Crippen LogP contribution >= 0.6 is 11.6 Å². The van der Waals surface area contributed by atoms with Crippen LogP contribution in [0.25, 0.3) is 0 Å². The maximum Gasteiger partial charge on any atom is 0.328 e. The topological polar surface area (TPSA) is 76.2 Å². The summed E-state index contributed by atoms with van der Waals surface area (Å²) in [4.78, 5) is 46.0. The first-order valence-corrected chi connectivity index (χ1v) is 15.9. The lowest BCUT2D eigenvalue weighted by atomic mass is 9.65. The Morgan fingerprint density at radius 1 is 0.857 bits per heavy atom. The van der Waals surface area contributed by atoms with Crippen LogP contribution in [0.3, 0.4) is 0 Å². The minimum atomic E-state index is -0.501. The molecule has 0 atom stereocenters. The molecule has 1 saturated carbocycles. The van der Waals surface area contributed by atoms with Crippen molar-refractivity contribution in [3.8, 4) is 0 Å². The Morgan fingerprint density at radius 3 is 2.24 bits per heavy atom. The van der Waals surface area contributed by atoms with Gasteiger partial charge in [0, 0.05) is 70.9 Å². The van der Waals surface area contributed by atoms with Gasteiger partial charge in [-0.25, -0.2) is 4.79 Å². The Kier molecular flexibility index (Phi) is 8.84. The highest BCUT2D eigenvalue weighted by molar-refractivity contribution is 6.34. The molecule has 0 unspecified atom stereocenters. The van der Waals surface area contributed by atoms with E-state index < -0.39 is 6.03 Å². The normalized spacial score (nSPS) is 22.4. The molecule has 6 rings (SSSR count). The highest BCUT2D eigenvalue weighted by atomic mass is 35.5. The molecule has 2 aromatic carbocycles. The number of urea groups is 1. The number of piperidine rings is 1. The largest absolute Gasteiger partial charge is 0.339 e. The van der Waals surface area contributed by atoms with Crippen LogP contribution in [0.5, 0.6) is 0 Å². The van der Waals surface area contributed by atoms with Gasteiger partial charge in [0.15, 0.2) is 0 Å². The maximum atomic E-state index is 13.5. The summed E-state index contributed by atoms with van der Waals surface area (Å²) in [5.74, 6) is 0.468. The summed E-state index contributed by atoms with van der Waals surface area (Å²) in [6.07, 6.45) is 7.43. The first-order chi connectivity index (χ1) is 20.4. The fourth-order valence-electron chi connectivity index (χ4n) is 7.32. The van der Waals surface area contributed by atoms with Crippen LogP contribution in [0, 0.1) is 11.3 Å². The second-order valence-electron chi connectivity index (χ2n) is 12.7.